The number of halogens is 20. The summed E-state index contributed by atoms with van der Waals surface area (Å²) in [6.45, 7) is 3.20. The standard InChI is InChI=1S/C34H48N.C24BF20/c1-2-3-4-5-6-7-8-9-10-11-12-13-14-15-16-20-26-33-29-28-32-25-21-22-27-34(32)35(33)30-31-23-18-17-19-24-31;26-5-1(6(27)14(35)21(42)13(5)34)25(2-7(28)15(36)22(43)16(37)8(2)29,3-9(30)17(38)23(44)18(39)10(3)31)4-11(32)19(40)24(45)20(41)12(4)33/h17-29H,2-16,30H2,1H3;/q+1;-1. The van der Waals surface area contributed by atoms with Crippen LogP contribution in [-0.4, -0.2) is 6.15 Å². The highest BCUT2D eigenvalue weighted by Gasteiger charge is 2.52. The Kier molecular flexibility index (Phi) is 21.5. The van der Waals surface area contributed by atoms with Crippen LogP contribution < -0.4 is 26.4 Å². The number of allylic oxidation sites excluding steroid dienone is 1. The van der Waals surface area contributed by atoms with Crippen molar-refractivity contribution in [2.24, 2.45) is 0 Å². The van der Waals surface area contributed by atoms with E-state index in [1.807, 2.05) is 0 Å². The first-order valence-electron chi connectivity index (χ1n) is 25.4. The Balaban J connectivity index is 0.000000266. The van der Waals surface area contributed by atoms with E-state index in [1.165, 1.54) is 118 Å². The molecule has 0 unspecified atom stereocenters. The number of aromatic nitrogens is 1. The van der Waals surface area contributed by atoms with Gasteiger partial charge in [-0.3, -0.25) is 0 Å². The molecule has 0 bridgehead atoms. The Hall–Kier alpha value is -6.87. The number of para-hydroxylation sites is 1. The topological polar surface area (TPSA) is 3.88 Å². The van der Waals surface area contributed by atoms with E-state index in [0.717, 1.165) is 6.54 Å². The van der Waals surface area contributed by atoms with Crippen LogP contribution in [-0.2, 0) is 6.54 Å². The number of hydrogen-bond donors (Lipinski definition) is 0. The largest absolute Gasteiger partial charge is 0.213 e. The van der Waals surface area contributed by atoms with Crippen LogP contribution in [0.1, 0.15) is 114 Å². The van der Waals surface area contributed by atoms with E-state index in [4.69, 9.17) is 0 Å². The second kappa shape index (κ2) is 27.5. The first kappa shape index (κ1) is 62.3. The van der Waals surface area contributed by atoms with Gasteiger partial charge in [0.15, 0.2) is 76.4 Å². The Labute approximate surface area is 446 Å². The zero-order valence-electron chi connectivity index (χ0n) is 42.4. The maximum absolute atomic E-state index is 15.4. The predicted octanol–water partition coefficient (Wildman–Crippen LogP) is 15.9. The van der Waals surface area contributed by atoms with Crippen molar-refractivity contribution in [3.63, 3.8) is 0 Å². The number of rotatable bonds is 22. The number of hydrogen-bond acceptors (Lipinski definition) is 0. The zero-order chi connectivity index (χ0) is 58.7. The fourth-order valence-corrected chi connectivity index (χ4v) is 9.90. The average Bonchev–Trinajstić information content (AvgIpc) is 2.42. The van der Waals surface area contributed by atoms with Gasteiger partial charge in [0.05, 0.1) is 0 Å². The summed E-state index contributed by atoms with van der Waals surface area (Å²) in [7, 11) is 0. The summed E-state index contributed by atoms with van der Waals surface area (Å²) in [6.07, 6.45) is 18.5. The quantitative estimate of drug-likeness (QED) is 0.0159. The molecule has 0 aliphatic heterocycles. The molecule has 0 saturated carbocycles. The molecule has 0 fully saturated rings. The van der Waals surface area contributed by atoms with Gasteiger partial charge in [-0.15, -0.1) is 21.9 Å². The van der Waals surface area contributed by atoms with Crippen molar-refractivity contribution in [2.75, 3.05) is 0 Å². The molecule has 428 valence electrons. The molecule has 0 N–H and O–H groups in total. The molecule has 0 spiro atoms. The molecule has 1 heterocycles. The Morgan fingerprint density at radius 1 is 0.325 bits per heavy atom. The van der Waals surface area contributed by atoms with Gasteiger partial charge in [0.25, 0.3) is 0 Å². The highest BCUT2D eigenvalue weighted by Crippen LogP contribution is 2.31. The highest BCUT2D eigenvalue weighted by atomic mass is 19.2. The second-order valence-corrected chi connectivity index (χ2v) is 19.0. The third-order valence-electron chi connectivity index (χ3n) is 13.9. The van der Waals surface area contributed by atoms with Gasteiger partial charge in [-0.25, -0.2) is 87.8 Å². The molecule has 0 atom stereocenters. The number of nitrogens with zero attached hydrogens (tertiary/aromatic N) is 1. The van der Waals surface area contributed by atoms with Crippen molar-refractivity contribution in [2.45, 2.75) is 110 Å². The van der Waals surface area contributed by atoms with Crippen LogP contribution >= 0.6 is 0 Å². The Bertz CT molecular complexity index is 2980. The molecule has 0 amide bonds. The SMILES string of the molecule is CCCCCCCCCCCCCCCCC=Cc1ccc2ccccc2[n+]1Cc1ccccc1.Fc1c(F)c(F)c([B-](c2c(F)c(F)c(F)c(F)c2F)(c2c(F)c(F)c(F)c(F)c2F)c2c(F)c(F)c(F)c(F)c2F)c(F)c1F. The van der Waals surface area contributed by atoms with Crippen molar-refractivity contribution in [1.82, 2.24) is 0 Å². The summed E-state index contributed by atoms with van der Waals surface area (Å²) in [6, 6.07) is 24.0. The minimum atomic E-state index is -7.22. The normalized spacial score (nSPS) is 11.8. The van der Waals surface area contributed by atoms with Crippen LogP contribution in [0.15, 0.2) is 72.8 Å². The van der Waals surface area contributed by atoms with E-state index < -0.39 is 144 Å². The van der Waals surface area contributed by atoms with Gasteiger partial charge in [0.1, 0.15) is 52.7 Å². The van der Waals surface area contributed by atoms with Crippen LogP contribution in [0.5, 0.6) is 0 Å². The van der Waals surface area contributed by atoms with Gasteiger partial charge in [-0.2, -0.15) is 4.57 Å². The third kappa shape index (κ3) is 12.5. The van der Waals surface area contributed by atoms with Gasteiger partial charge >= 0.3 is 0 Å². The van der Waals surface area contributed by atoms with Crippen molar-refractivity contribution in [3.8, 4) is 0 Å². The van der Waals surface area contributed by atoms with Gasteiger partial charge < -0.3 is 0 Å². The maximum Gasteiger partial charge on any atom is 0.213 e. The molecule has 1 nitrogen and oxygen atoms in total. The third-order valence-corrected chi connectivity index (χ3v) is 13.9. The average molecular weight is 1150 g/mol. The molecule has 1 aromatic heterocycles. The first-order chi connectivity index (χ1) is 38.1. The van der Waals surface area contributed by atoms with Gasteiger partial charge in [0.2, 0.25) is 11.2 Å². The van der Waals surface area contributed by atoms with Gasteiger partial charge in [0, 0.05) is 29.2 Å². The number of unbranched alkanes of at least 4 members (excludes halogenated alkanes) is 14. The molecule has 0 aliphatic rings. The monoisotopic (exact) mass is 1150 g/mol. The van der Waals surface area contributed by atoms with E-state index in [0.29, 0.717) is 0 Å². The Morgan fingerprint density at radius 2 is 0.625 bits per heavy atom. The summed E-state index contributed by atoms with van der Waals surface area (Å²) in [5, 5.41) is 1.30. The van der Waals surface area contributed by atoms with E-state index >= 15 is 35.1 Å². The molecule has 0 saturated heterocycles. The van der Waals surface area contributed by atoms with Crippen LogP contribution in [0.2, 0.25) is 0 Å². The summed E-state index contributed by atoms with van der Waals surface area (Å²) < 4.78 is 296. The van der Waals surface area contributed by atoms with Crippen LogP contribution in [0.25, 0.3) is 17.0 Å². The number of benzene rings is 6. The van der Waals surface area contributed by atoms with E-state index in [9.17, 15) is 52.7 Å². The summed E-state index contributed by atoms with van der Waals surface area (Å²) in [5.41, 5.74) is -10.4. The summed E-state index contributed by atoms with van der Waals surface area (Å²) in [4.78, 5) is 0. The molecule has 7 aromatic rings. The van der Waals surface area contributed by atoms with Crippen molar-refractivity contribution in [3.05, 3.63) is 200 Å². The van der Waals surface area contributed by atoms with Crippen LogP contribution in [0.3, 0.4) is 0 Å². The summed E-state index contributed by atoms with van der Waals surface area (Å²) in [5.74, 6) is -71.4. The maximum atomic E-state index is 15.4. The molecule has 80 heavy (non-hydrogen) atoms. The summed E-state index contributed by atoms with van der Waals surface area (Å²) >= 11 is 0. The predicted molar refractivity (Wildman–Crippen MR) is 263 cm³/mol. The first-order valence-corrected chi connectivity index (χ1v) is 25.4. The van der Waals surface area contributed by atoms with Gasteiger partial charge in [-0.05, 0) is 25.0 Å². The second-order valence-electron chi connectivity index (χ2n) is 19.0. The molecule has 0 aliphatic carbocycles. The molecule has 7 rings (SSSR count). The van der Waals surface area contributed by atoms with E-state index in [1.54, 1.807) is 0 Å². The van der Waals surface area contributed by atoms with Crippen LogP contribution in [0, 0.1) is 116 Å². The smallest absolute Gasteiger partial charge is 0.207 e. The molecule has 0 radical (unpaired) electrons. The van der Waals surface area contributed by atoms with Crippen LogP contribution in [0.4, 0.5) is 87.8 Å². The van der Waals surface area contributed by atoms with Gasteiger partial charge in [-0.1, -0.05) is 139 Å². The minimum Gasteiger partial charge on any atom is -0.207 e. The highest BCUT2D eigenvalue weighted by molar-refractivity contribution is 7.20. The number of fused-ring (bicyclic) bond motifs is 1. The molecular formula is C58H48BF20N. The lowest BCUT2D eigenvalue weighted by atomic mass is 9.12. The van der Waals surface area contributed by atoms with E-state index in [2.05, 4.69) is 90.4 Å². The fraction of sp³-hybridized carbons (Fsp3) is 0.293. The number of pyridine rings is 1. The molecular weight excluding hydrogens is 1100 g/mol. The fourth-order valence-electron chi connectivity index (χ4n) is 9.90. The lowest BCUT2D eigenvalue weighted by Crippen LogP contribution is -2.81. The molecule has 6 aromatic carbocycles. The lowest BCUT2D eigenvalue weighted by molar-refractivity contribution is -0.664. The lowest BCUT2D eigenvalue weighted by Gasteiger charge is -2.44. The van der Waals surface area contributed by atoms with E-state index in [-0.39, 0.29) is 0 Å². The van der Waals surface area contributed by atoms with Crippen molar-refractivity contribution >= 4 is 45.0 Å². The van der Waals surface area contributed by atoms with Crippen molar-refractivity contribution < 1.29 is 92.4 Å². The zero-order valence-corrected chi connectivity index (χ0v) is 42.4. The van der Waals surface area contributed by atoms with Crippen molar-refractivity contribution in [1.29, 1.82) is 0 Å². The molecule has 22 heteroatoms. The minimum absolute atomic E-state index is 0.903. The Morgan fingerprint density at radius 3 is 0.975 bits per heavy atom.